The lowest BCUT2D eigenvalue weighted by molar-refractivity contribution is 0.684. The van der Waals surface area contributed by atoms with E-state index in [-0.39, 0.29) is 0 Å². The largest absolute Gasteiger partial charge is 0.229 e. The van der Waals surface area contributed by atoms with Gasteiger partial charge in [-0.3, -0.25) is 0 Å². The fraction of sp³-hybridized carbons (Fsp3) is 0.0667. The Morgan fingerprint density at radius 3 is 2.32 bits per heavy atom. The van der Waals surface area contributed by atoms with Crippen molar-refractivity contribution < 1.29 is 4.21 Å². The van der Waals surface area contributed by atoms with Gasteiger partial charge in [0, 0.05) is 6.21 Å². The van der Waals surface area contributed by atoms with Gasteiger partial charge in [-0.1, -0.05) is 29.8 Å². The molecule has 0 radical (unpaired) electrons. The molecule has 19 heavy (non-hydrogen) atoms. The van der Waals surface area contributed by atoms with E-state index in [9.17, 15) is 4.21 Å². The molecule has 0 saturated heterocycles. The SMILES string of the molecule is Cc1ccc([S@](=O)/N=C\c2ccc(C#N)cc2)cc1. The van der Waals surface area contributed by atoms with E-state index in [0.717, 1.165) is 11.1 Å². The fourth-order valence-electron chi connectivity index (χ4n) is 1.47. The van der Waals surface area contributed by atoms with E-state index in [0.29, 0.717) is 10.5 Å². The molecule has 0 saturated carbocycles. The maximum absolute atomic E-state index is 11.9. The molecule has 94 valence electrons. The highest BCUT2D eigenvalue weighted by molar-refractivity contribution is 7.83. The summed E-state index contributed by atoms with van der Waals surface area (Å²) in [6.07, 6.45) is 1.55. The Kier molecular flexibility index (Phi) is 4.22. The molecule has 0 unspecified atom stereocenters. The summed E-state index contributed by atoms with van der Waals surface area (Å²) in [5, 5.41) is 8.69. The van der Waals surface area contributed by atoms with Crippen molar-refractivity contribution in [2.75, 3.05) is 0 Å². The predicted octanol–water partition coefficient (Wildman–Crippen LogP) is 3.01. The van der Waals surface area contributed by atoms with Gasteiger partial charge in [0.15, 0.2) is 11.0 Å². The second kappa shape index (κ2) is 6.07. The Morgan fingerprint density at radius 1 is 1.11 bits per heavy atom. The summed E-state index contributed by atoms with van der Waals surface area (Å²) in [6.45, 7) is 1.98. The standard InChI is InChI=1S/C15H12N2OS/c1-12-2-8-15(9-3-12)19(18)17-11-14-6-4-13(10-16)5-7-14/h2-9,11H,1H3/b17-11-/t19-/m0/s1. The Labute approximate surface area is 114 Å². The lowest BCUT2D eigenvalue weighted by Crippen LogP contribution is -1.89. The third-order valence-corrected chi connectivity index (χ3v) is 3.53. The number of nitrogens with zero attached hydrogens (tertiary/aromatic N) is 2. The molecular formula is C15H12N2OS. The summed E-state index contributed by atoms with van der Waals surface area (Å²) in [6, 6.07) is 16.4. The van der Waals surface area contributed by atoms with E-state index in [4.69, 9.17) is 5.26 Å². The molecule has 0 fully saturated rings. The minimum Gasteiger partial charge on any atom is -0.229 e. The maximum Gasteiger partial charge on any atom is 0.172 e. The van der Waals surface area contributed by atoms with E-state index in [1.165, 1.54) is 0 Å². The molecule has 1 atom stereocenters. The second-order valence-electron chi connectivity index (χ2n) is 4.03. The molecule has 3 nitrogen and oxygen atoms in total. The van der Waals surface area contributed by atoms with Crippen LogP contribution in [0.5, 0.6) is 0 Å². The van der Waals surface area contributed by atoms with Crippen molar-refractivity contribution in [3.05, 3.63) is 65.2 Å². The smallest absolute Gasteiger partial charge is 0.172 e. The van der Waals surface area contributed by atoms with Crippen LogP contribution < -0.4 is 0 Å². The minimum atomic E-state index is -1.39. The van der Waals surface area contributed by atoms with Crippen LogP contribution in [-0.2, 0) is 11.0 Å². The molecule has 0 aliphatic carbocycles. The molecular weight excluding hydrogens is 256 g/mol. The Balaban J connectivity index is 2.11. The van der Waals surface area contributed by atoms with Crippen molar-refractivity contribution in [1.29, 1.82) is 5.26 Å². The molecule has 0 amide bonds. The fourth-order valence-corrected chi connectivity index (χ4v) is 2.18. The Hall–Kier alpha value is -2.25. The summed E-state index contributed by atoms with van der Waals surface area (Å²) >= 11 is 0. The number of benzene rings is 2. The van der Waals surface area contributed by atoms with Crippen LogP contribution in [-0.4, -0.2) is 10.4 Å². The normalized spacial score (nSPS) is 12.2. The van der Waals surface area contributed by atoms with E-state index in [1.54, 1.807) is 30.5 Å². The summed E-state index contributed by atoms with van der Waals surface area (Å²) < 4.78 is 15.9. The first-order valence-corrected chi connectivity index (χ1v) is 6.82. The predicted molar refractivity (Wildman–Crippen MR) is 76.3 cm³/mol. The van der Waals surface area contributed by atoms with E-state index >= 15 is 0 Å². The lowest BCUT2D eigenvalue weighted by Gasteiger charge is -1.97. The number of hydrogen-bond donors (Lipinski definition) is 0. The summed E-state index contributed by atoms with van der Waals surface area (Å²) in [5.41, 5.74) is 2.54. The molecule has 4 heteroatoms. The zero-order valence-electron chi connectivity index (χ0n) is 10.4. The average Bonchev–Trinajstić information content (AvgIpc) is 2.46. The van der Waals surface area contributed by atoms with Crippen LogP contribution in [0, 0.1) is 18.3 Å². The van der Waals surface area contributed by atoms with Crippen molar-refractivity contribution >= 4 is 17.2 Å². The van der Waals surface area contributed by atoms with Gasteiger partial charge >= 0.3 is 0 Å². The van der Waals surface area contributed by atoms with E-state index < -0.39 is 11.0 Å². The van der Waals surface area contributed by atoms with E-state index in [1.807, 2.05) is 37.3 Å². The van der Waals surface area contributed by atoms with Gasteiger partial charge in [-0.15, -0.1) is 0 Å². The first-order chi connectivity index (χ1) is 9.19. The van der Waals surface area contributed by atoms with Gasteiger partial charge in [0.1, 0.15) is 0 Å². The summed E-state index contributed by atoms with van der Waals surface area (Å²) in [5.74, 6) is 0. The molecule has 2 aromatic rings. The first kappa shape index (κ1) is 13.2. The molecule has 0 aliphatic heterocycles. The zero-order valence-corrected chi connectivity index (χ0v) is 11.2. The highest BCUT2D eigenvalue weighted by Crippen LogP contribution is 2.09. The molecule has 0 bridgehead atoms. The molecule has 2 rings (SSSR count). The zero-order chi connectivity index (χ0) is 13.7. The summed E-state index contributed by atoms with van der Waals surface area (Å²) in [4.78, 5) is 0.676. The van der Waals surface area contributed by atoms with Crippen molar-refractivity contribution in [3.63, 3.8) is 0 Å². The molecule has 0 heterocycles. The second-order valence-corrected chi connectivity index (χ2v) is 5.21. The first-order valence-electron chi connectivity index (χ1n) is 5.72. The van der Waals surface area contributed by atoms with Crippen molar-refractivity contribution in [3.8, 4) is 6.07 Å². The third-order valence-electron chi connectivity index (χ3n) is 2.56. The Morgan fingerprint density at radius 2 is 1.74 bits per heavy atom. The van der Waals surface area contributed by atoms with E-state index in [2.05, 4.69) is 4.40 Å². The van der Waals surface area contributed by atoms with Crippen LogP contribution in [0.1, 0.15) is 16.7 Å². The number of nitriles is 1. The van der Waals surface area contributed by atoms with Crippen molar-refractivity contribution in [2.45, 2.75) is 11.8 Å². The monoisotopic (exact) mass is 268 g/mol. The van der Waals surface area contributed by atoms with Crippen LogP contribution in [0.15, 0.2) is 57.8 Å². The molecule has 0 spiro atoms. The number of aryl methyl sites for hydroxylation is 1. The van der Waals surface area contributed by atoms with Gasteiger partial charge in [0.05, 0.1) is 16.5 Å². The van der Waals surface area contributed by atoms with Crippen molar-refractivity contribution in [2.24, 2.45) is 4.40 Å². The van der Waals surface area contributed by atoms with Gasteiger partial charge in [-0.2, -0.15) is 9.66 Å². The Bertz CT molecular complexity index is 652. The van der Waals surface area contributed by atoms with Crippen molar-refractivity contribution in [1.82, 2.24) is 0 Å². The quantitative estimate of drug-likeness (QED) is 0.803. The lowest BCUT2D eigenvalue weighted by atomic mass is 10.2. The maximum atomic E-state index is 11.9. The average molecular weight is 268 g/mol. The van der Waals surface area contributed by atoms with Gasteiger partial charge in [0.2, 0.25) is 0 Å². The minimum absolute atomic E-state index is 0.594. The molecule has 0 aromatic heterocycles. The van der Waals surface area contributed by atoms with Gasteiger partial charge in [-0.05, 0) is 36.8 Å². The third kappa shape index (κ3) is 3.60. The number of hydrogen-bond acceptors (Lipinski definition) is 2. The number of rotatable bonds is 3. The topological polar surface area (TPSA) is 53.2 Å². The molecule has 2 aromatic carbocycles. The van der Waals surface area contributed by atoms with Crippen LogP contribution in [0.2, 0.25) is 0 Å². The van der Waals surface area contributed by atoms with Gasteiger partial charge in [-0.25, -0.2) is 4.21 Å². The molecule has 0 N–H and O–H groups in total. The van der Waals surface area contributed by atoms with Crippen LogP contribution in [0.25, 0.3) is 0 Å². The van der Waals surface area contributed by atoms with Gasteiger partial charge in [0.25, 0.3) is 0 Å². The van der Waals surface area contributed by atoms with Gasteiger partial charge < -0.3 is 0 Å². The molecule has 0 aliphatic rings. The highest BCUT2D eigenvalue weighted by Gasteiger charge is 2.00. The summed E-state index contributed by atoms with van der Waals surface area (Å²) in [7, 11) is -1.39. The van der Waals surface area contributed by atoms with Crippen LogP contribution in [0.3, 0.4) is 0 Å². The van der Waals surface area contributed by atoms with Crippen LogP contribution in [0.4, 0.5) is 0 Å². The highest BCUT2D eigenvalue weighted by atomic mass is 32.2. The van der Waals surface area contributed by atoms with Crippen LogP contribution >= 0.6 is 0 Å².